The molecule has 0 radical (unpaired) electrons. The molecule has 0 aromatic heterocycles. The Labute approximate surface area is 98.0 Å². The quantitative estimate of drug-likeness (QED) is 0.628. The molecule has 0 amide bonds. The van der Waals surface area contributed by atoms with E-state index in [-0.39, 0.29) is 17.9 Å². The first kappa shape index (κ1) is 13.9. The molecule has 16 heavy (non-hydrogen) atoms. The van der Waals surface area contributed by atoms with Gasteiger partial charge in [-0.1, -0.05) is 0 Å². The molecule has 2 atom stereocenters. The third-order valence-corrected chi connectivity index (χ3v) is 4.28. The van der Waals surface area contributed by atoms with Crippen LogP contribution in [0.15, 0.2) is 0 Å². The van der Waals surface area contributed by atoms with Gasteiger partial charge in [0, 0.05) is 12.6 Å². The molecule has 0 aliphatic carbocycles. The first-order valence-corrected chi connectivity index (χ1v) is 7.46. The van der Waals surface area contributed by atoms with Gasteiger partial charge >= 0.3 is 0 Å². The Morgan fingerprint density at radius 1 is 1.50 bits per heavy atom. The predicted octanol–water partition coefficient (Wildman–Crippen LogP) is 0.0828. The SMILES string of the molecule is CNCCCS(=O)(=O)NC(C)C1CCCO1. The summed E-state index contributed by atoms with van der Waals surface area (Å²) < 4.78 is 31.5. The van der Waals surface area contributed by atoms with E-state index in [2.05, 4.69) is 10.0 Å². The van der Waals surface area contributed by atoms with E-state index in [0.717, 1.165) is 26.0 Å². The van der Waals surface area contributed by atoms with Crippen LogP contribution in [0.2, 0.25) is 0 Å². The fourth-order valence-corrected chi connectivity index (χ4v) is 3.21. The first-order valence-electron chi connectivity index (χ1n) is 5.81. The Morgan fingerprint density at radius 3 is 2.81 bits per heavy atom. The third-order valence-electron chi connectivity index (χ3n) is 2.73. The average Bonchev–Trinajstić information content (AvgIpc) is 2.69. The van der Waals surface area contributed by atoms with Gasteiger partial charge in [0.05, 0.1) is 11.9 Å². The molecule has 1 heterocycles. The summed E-state index contributed by atoms with van der Waals surface area (Å²) in [5, 5.41) is 2.93. The molecule has 0 aromatic rings. The molecule has 1 rings (SSSR count). The number of rotatable bonds is 7. The van der Waals surface area contributed by atoms with Gasteiger partial charge in [-0.2, -0.15) is 0 Å². The van der Waals surface area contributed by atoms with Gasteiger partial charge in [0.15, 0.2) is 0 Å². The molecular formula is C10H22N2O3S. The van der Waals surface area contributed by atoms with Gasteiger partial charge in [0.25, 0.3) is 0 Å². The van der Waals surface area contributed by atoms with Crippen molar-refractivity contribution in [3.8, 4) is 0 Å². The molecule has 0 aromatic carbocycles. The Morgan fingerprint density at radius 2 is 2.25 bits per heavy atom. The second kappa shape index (κ2) is 6.54. The molecule has 0 spiro atoms. The van der Waals surface area contributed by atoms with Crippen molar-refractivity contribution in [3.05, 3.63) is 0 Å². The van der Waals surface area contributed by atoms with Crippen molar-refractivity contribution < 1.29 is 13.2 Å². The Balaban J connectivity index is 2.33. The van der Waals surface area contributed by atoms with Crippen LogP contribution < -0.4 is 10.0 Å². The van der Waals surface area contributed by atoms with Crippen LogP contribution in [-0.2, 0) is 14.8 Å². The Hall–Kier alpha value is -0.170. The highest BCUT2D eigenvalue weighted by Crippen LogP contribution is 2.15. The van der Waals surface area contributed by atoms with E-state index in [1.165, 1.54) is 0 Å². The molecule has 1 aliphatic heterocycles. The molecule has 2 unspecified atom stereocenters. The Kier molecular flexibility index (Phi) is 5.68. The highest BCUT2D eigenvalue weighted by molar-refractivity contribution is 7.89. The van der Waals surface area contributed by atoms with Crippen LogP contribution in [0.25, 0.3) is 0 Å². The van der Waals surface area contributed by atoms with Crippen LogP contribution in [0.3, 0.4) is 0 Å². The lowest BCUT2D eigenvalue weighted by atomic mass is 10.1. The van der Waals surface area contributed by atoms with Gasteiger partial charge in [-0.15, -0.1) is 0 Å². The second-order valence-electron chi connectivity index (χ2n) is 4.23. The van der Waals surface area contributed by atoms with Crippen LogP contribution in [-0.4, -0.2) is 46.5 Å². The van der Waals surface area contributed by atoms with E-state index in [4.69, 9.17) is 4.74 Å². The standard InChI is InChI=1S/C10H22N2O3S/c1-9(10-5-3-7-15-10)12-16(13,14)8-4-6-11-2/h9-12H,3-8H2,1-2H3. The largest absolute Gasteiger partial charge is 0.377 e. The van der Waals surface area contributed by atoms with Crippen molar-refractivity contribution in [1.82, 2.24) is 10.0 Å². The fraction of sp³-hybridized carbons (Fsp3) is 1.00. The van der Waals surface area contributed by atoms with Gasteiger partial charge in [-0.25, -0.2) is 13.1 Å². The lowest BCUT2D eigenvalue weighted by Crippen LogP contribution is -2.42. The lowest BCUT2D eigenvalue weighted by Gasteiger charge is -2.19. The topological polar surface area (TPSA) is 67.4 Å². The molecule has 1 aliphatic rings. The van der Waals surface area contributed by atoms with Gasteiger partial charge in [0.2, 0.25) is 10.0 Å². The lowest BCUT2D eigenvalue weighted by molar-refractivity contribution is 0.0902. The van der Waals surface area contributed by atoms with Crippen molar-refractivity contribution in [2.24, 2.45) is 0 Å². The molecule has 0 bridgehead atoms. The van der Waals surface area contributed by atoms with E-state index in [0.29, 0.717) is 6.42 Å². The monoisotopic (exact) mass is 250 g/mol. The van der Waals surface area contributed by atoms with Crippen LogP contribution in [0.1, 0.15) is 26.2 Å². The van der Waals surface area contributed by atoms with Gasteiger partial charge in [-0.05, 0) is 39.8 Å². The predicted molar refractivity (Wildman–Crippen MR) is 63.9 cm³/mol. The van der Waals surface area contributed by atoms with E-state index in [9.17, 15) is 8.42 Å². The second-order valence-corrected chi connectivity index (χ2v) is 6.11. The summed E-state index contributed by atoms with van der Waals surface area (Å²) in [5.74, 6) is 0.172. The Bertz CT molecular complexity index is 286. The molecule has 1 saturated heterocycles. The number of sulfonamides is 1. The summed E-state index contributed by atoms with van der Waals surface area (Å²) in [6, 6.07) is -0.123. The smallest absolute Gasteiger partial charge is 0.211 e. The van der Waals surface area contributed by atoms with Crippen LogP contribution >= 0.6 is 0 Å². The zero-order valence-electron chi connectivity index (χ0n) is 10.0. The zero-order chi connectivity index (χ0) is 12.0. The summed E-state index contributed by atoms with van der Waals surface area (Å²) in [6.07, 6.45) is 2.64. The third kappa shape index (κ3) is 4.78. The molecular weight excluding hydrogens is 228 g/mol. The van der Waals surface area contributed by atoms with Gasteiger partial charge < -0.3 is 10.1 Å². The first-order chi connectivity index (χ1) is 7.55. The van der Waals surface area contributed by atoms with Crippen LogP contribution in [0.4, 0.5) is 0 Å². The summed E-state index contributed by atoms with van der Waals surface area (Å²) in [6.45, 7) is 3.33. The molecule has 6 heteroatoms. The maximum atomic E-state index is 11.7. The van der Waals surface area contributed by atoms with Crippen molar-refractivity contribution >= 4 is 10.0 Å². The minimum Gasteiger partial charge on any atom is -0.377 e. The normalized spacial score (nSPS) is 23.5. The van der Waals surface area contributed by atoms with Crippen molar-refractivity contribution in [2.45, 2.75) is 38.3 Å². The van der Waals surface area contributed by atoms with Gasteiger partial charge in [-0.3, -0.25) is 0 Å². The number of hydrogen-bond acceptors (Lipinski definition) is 4. The van der Waals surface area contributed by atoms with Crippen LogP contribution in [0, 0.1) is 0 Å². The van der Waals surface area contributed by atoms with E-state index in [1.807, 2.05) is 14.0 Å². The average molecular weight is 250 g/mol. The van der Waals surface area contributed by atoms with E-state index in [1.54, 1.807) is 0 Å². The summed E-state index contributed by atoms with van der Waals surface area (Å²) >= 11 is 0. The number of ether oxygens (including phenoxy) is 1. The maximum Gasteiger partial charge on any atom is 0.211 e. The molecule has 1 fully saturated rings. The number of hydrogen-bond donors (Lipinski definition) is 2. The fourth-order valence-electron chi connectivity index (χ4n) is 1.85. The van der Waals surface area contributed by atoms with Gasteiger partial charge in [0.1, 0.15) is 0 Å². The minimum atomic E-state index is -3.16. The molecule has 0 saturated carbocycles. The minimum absolute atomic E-state index is 0.0408. The summed E-state index contributed by atoms with van der Waals surface area (Å²) in [4.78, 5) is 0. The van der Waals surface area contributed by atoms with Crippen molar-refractivity contribution in [1.29, 1.82) is 0 Å². The van der Waals surface area contributed by atoms with Crippen molar-refractivity contribution in [2.75, 3.05) is 26.0 Å². The van der Waals surface area contributed by atoms with E-state index < -0.39 is 10.0 Å². The highest BCUT2D eigenvalue weighted by Gasteiger charge is 2.25. The highest BCUT2D eigenvalue weighted by atomic mass is 32.2. The molecule has 2 N–H and O–H groups in total. The van der Waals surface area contributed by atoms with E-state index >= 15 is 0 Å². The van der Waals surface area contributed by atoms with Crippen LogP contribution in [0.5, 0.6) is 0 Å². The molecule has 96 valence electrons. The maximum absolute atomic E-state index is 11.7. The molecule has 5 nitrogen and oxygen atoms in total. The van der Waals surface area contributed by atoms with Crippen molar-refractivity contribution in [3.63, 3.8) is 0 Å². The number of nitrogens with one attached hydrogen (secondary N) is 2. The summed E-state index contributed by atoms with van der Waals surface area (Å²) in [7, 11) is -1.35. The zero-order valence-corrected chi connectivity index (χ0v) is 10.8. The summed E-state index contributed by atoms with van der Waals surface area (Å²) in [5.41, 5.74) is 0.